The Hall–Kier alpha value is -3.24. The highest BCUT2D eigenvalue weighted by Gasteiger charge is 2.32. The van der Waals surface area contributed by atoms with Crippen LogP contribution in [-0.4, -0.2) is 76.8 Å². The standard InChI is InChI=1S/C33H37F3N4O2S/c34-33(35,36)25-10-8-23(9-11-25)27-6-2-3-7-28(27)31(41)39-18-12-24(13-19-39)30-37-29(22-43-30)32(42)40-20-14-26(15-21-40)38-16-4-1-5-17-38/h2-3,6-11,22,24,26H,1,4-5,12-21H2. The molecule has 0 atom stereocenters. The van der Waals surface area contributed by atoms with Crippen LogP contribution in [0.3, 0.4) is 0 Å². The maximum absolute atomic E-state index is 13.5. The van der Waals surface area contributed by atoms with Crippen molar-refractivity contribution in [2.24, 2.45) is 0 Å². The largest absolute Gasteiger partial charge is 0.416 e. The first kappa shape index (κ1) is 29.8. The Morgan fingerprint density at radius 3 is 2.07 bits per heavy atom. The van der Waals surface area contributed by atoms with Crippen molar-refractivity contribution in [1.29, 1.82) is 0 Å². The van der Waals surface area contributed by atoms with Gasteiger partial charge in [-0.15, -0.1) is 11.3 Å². The summed E-state index contributed by atoms with van der Waals surface area (Å²) >= 11 is 1.53. The van der Waals surface area contributed by atoms with E-state index in [1.807, 2.05) is 15.2 Å². The summed E-state index contributed by atoms with van der Waals surface area (Å²) in [6, 6.07) is 12.6. The van der Waals surface area contributed by atoms with Crippen LogP contribution in [0.25, 0.3) is 11.1 Å². The first-order valence-electron chi connectivity index (χ1n) is 15.3. The van der Waals surface area contributed by atoms with Crippen molar-refractivity contribution in [3.05, 3.63) is 75.7 Å². The van der Waals surface area contributed by atoms with Gasteiger partial charge in [0.2, 0.25) is 0 Å². The molecule has 3 aromatic rings. The Kier molecular flexibility index (Phi) is 8.86. The zero-order chi connectivity index (χ0) is 30.0. The highest BCUT2D eigenvalue weighted by atomic mass is 32.1. The second-order valence-corrected chi connectivity index (χ2v) is 12.8. The molecule has 228 valence electrons. The number of piperidine rings is 3. The van der Waals surface area contributed by atoms with Gasteiger partial charge >= 0.3 is 6.18 Å². The maximum Gasteiger partial charge on any atom is 0.416 e. The third-order valence-corrected chi connectivity index (χ3v) is 10.2. The monoisotopic (exact) mass is 610 g/mol. The maximum atomic E-state index is 13.5. The summed E-state index contributed by atoms with van der Waals surface area (Å²) in [4.78, 5) is 37.9. The summed E-state index contributed by atoms with van der Waals surface area (Å²) in [5.41, 5.74) is 1.48. The summed E-state index contributed by atoms with van der Waals surface area (Å²) in [6.45, 7) is 5.03. The number of carbonyl (C=O) groups is 2. The summed E-state index contributed by atoms with van der Waals surface area (Å²) in [5, 5.41) is 2.83. The minimum atomic E-state index is -4.41. The molecule has 0 bridgehead atoms. The fraction of sp³-hybridized carbons (Fsp3) is 0.485. The van der Waals surface area contributed by atoms with E-state index in [9.17, 15) is 22.8 Å². The molecule has 4 heterocycles. The molecule has 6 rings (SSSR count). The molecule has 2 amide bonds. The van der Waals surface area contributed by atoms with E-state index in [0.29, 0.717) is 41.5 Å². The van der Waals surface area contributed by atoms with Gasteiger partial charge in [-0.2, -0.15) is 13.2 Å². The topological polar surface area (TPSA) is 56.8 Å². The van der Waals surface area contributed by atoms with Crippen LogP contribution in [-0.2, 0) is 6.18 Å². The highest BCUT2D eigenvalue weighted by molar-refractivity contribution is 7.09. The van der Waals surface area contributed by atoms with Crippen molar-refractivity contribution in [2.75, 3.05) is 39.3 Å². The molecule has 0 spiro atoms. The lowest BCUT2D eigenvalue weighted by Gasteiger charge is -2.40. The van der Waals surface area contributed by atoms with Crippen molar-refractivity contribution < 1.29 is 22.8 Å². The number of hydrogen-bond donors (Lipinski definition) is 0. The third-order valence-electron chi connectivity index (χ3n) is 9.21. The Labute approximate surface area is 254 Å². The molecule has 0 unspecified atom stereocenters. The number of thiazole rings is 1. The fourth-order valence-electron chi connectivity index (χ4n) is 6.71. The lowest BCUT2D eigenvalue weighted by Crippen LogP contribution is -2.48. The second-order valence-electron chi connectivity index (χ2n) is 11.9. The van der Waals surface area contributed by atoms with Crippen LogP contribution < -0.4 is 0 Å². The molecule has 2 aromatic carbocycles. The van der Waals surface area contributed by atoms with E-state index >= 15 is 0 Å². The van der Waals surface area contributed by atoms with Crippen LogP contribution >= 0.6 is 11.3 Å². The Morgan fingerprint density at radius 1 is 0.767 bits per heavy atom. The summed E-state index contributed by atoms with van der Waals surface area (Å²) in [5.74, 6) is 0.0783. The van der Waals surface area contributed by atoms with Crippen LogP contribution in [0.4, 0.5) is 13.2 Å². The smallest absolute Gasteiger partial charge is 0.339 e. The molecular weight excluding hydrogens is 573 g/mol. The molecule has 0 N–H and O–H groups in total. The zero-order valence-electron chi connectivity index (χ0n) is 24.2. The molecule has 3 aliphatic rings. The van der Waals surface area contributed by atoms with Gasteiger partial charge in [0, 0.05) is 49.1 Å². The van der Waals surface area contributed by atoms with E-state index in [1.165, 1.54) is 55.8 Å². The van der Waals surface area contributed by atoms with Gasteiger partial charge in [-0.3, -0.25) is 9.59 Å². The highest BCUT2D eigenvalue weighted by Crippen LogP contribution is 2.34. The Balaban J connectivity index is 1.04. The number of hydrogen-bond acceptors (Lipinski definition) is 5. The van der Waals surface area contributed by atoms with Crippen molar-refractivity contribution in [3.8, 4) is 11.1 Å². The predicted octanol–water partition coefficient (Wildman–Crippen LogP) is 6.94. The number of alkyl halides is 3. The Bertz CT molecular complexity index is 1420. The predicted molar refractivity (Wildman–Crippen MR) is 161 cm³/mol. The molecular formula is C33H37F3N4O2S. The number of nitrogens with zero attached hydrogens (tertiary/aromatic N) is 4. The molecule has 3 aliphatic heterocycles. The average Bonchev–Trinajstić information content (AvgIpc) is 3.55. The van der Waals surface area contributed by atoms with Gasteiger partial charge in [-0.1, -0.05) is 36.8 Å². The molecule has 6 nitrogen and oxygen atoms in total. The van der Waals surface area contributed by atoms with E-state index in [1.54, 1.807) is 24.3 Å². The quantitative estimate of drug-likeness (QED) is 0.314. The van der Waals surface area contributed by atoms with E-state index in [0.717, 1.165) is 55.9 Å². The second kappa shape index (κ2) is 12.8. The molecule has 3 saturated heterocycles. The van der Waals surface area contributed by atoms with Crippen LogP contribution in [0.15, 0.2) is 53.9 Å². The van der Waals surface area contributed by atoms with Crippen molar-refractivity contribution in [3.63, 3.8) is 0 Å². The van der Waals surface area contributed by atoms with Gasteiger partial charge in [0.15, 0.2) is 0 Å². The normalized spacial score (nSPS) is 19.5. The van der Waals surface area contributed by atoms with Crippen molar-refractivity contribution in [2.45, 2.75) is 63.1 Å². The molecule has 0 radical (unpaired) electrons. The zero-order valence-corrected chi connectivity index (χ0v) is 25.0. The Morgan fingerprint density at radius 2 is 1.40 bits per heavy atom. The molecule has 0 aliphatic carbocycles. The molecule has 1 aromatic heterocycles. The van der Waals surface area contributed by atoms with Gasteiger partial charge < -0.3 is 14.7 Å². The SMILES string of the molecule is O=C(c1csc(C2CCN(C(=O)c3ccccc3-c3ccc(C(F)(F)F)cc3)CC2)n1)N1CCC(N2CCCCC2)CC1. The van der Waals surface area contributed by atoms with E-state index in [-0.39, 0.29) is 17.7 Å². The molecule has 0 saturated carbocycles. The van der Waals surface area contributed by atoms with Gasteiger partial charge in [0.1, 0.15) is 5.69 Å². The van der Waals surface area contributed by atoms with Gasteiger partial charge in [0.25, 0.3) is 11.8 Å². The molecule has 10 heteroatoms. The lowest BCUT2D eigenvalue weighted by atomic mass is 9.94. The van der Waals surface area contributed by atoms with E-state index in [2.05, 4.69) is 4.90 Å². The number of likely N-dealkylation sites (tertiary alicyclic amines) is 3. The minimum Gasteiger partial charge on any atom is -0.339 e. The first-order chi connectivity index (χ1) is 20.8. The minimum absolute atomic E-state index is 0.0204. The molecule has 43 heavy (non-hydrogen) atoms. The number of amides is 2. The van der Waals surface area contributed by atoms with Crippen LogP contribution in [0.2, 0.25) is 0 Å². The van der Waals surface area contributed by atoms with E-state index < -0.39 is 11.7 Å². The summed E-state index contributed by atoms with van der Waals surface area (Å²) in [7, 11) is 0. The van der Waals surface area contributed by atoms with Crippen LogP contribution in [0.1, 0.15) is 82.3 Å². The van der Waals surface area contributed by atoms with Gasteiger partial charge in [-0.25, -0.2) is 4.98 Å². The number of rotatable bonds is 5. The lowest BCUT2D eigenvalue weighted by molar-refractivity contribution is -0.137. The summed E-state index contributed by atoms with van der Waals surface area (Å²) < 4.78 is 39.1. The average molecular weight is 611 g/mol. The van der Waals surface area contributed by atoms with Crippen molar-refractivity contribution >= 4 is 23.2 Å². The third kappa shape index (κ3) is 6.65. The number of halogens is 3. The first-order valence-corrected chi connectivity index (χ1v) is 16.2. The van der Waals surface area contributed by atoms with E-state index in [4.69, 9.17) is 4.98 Å². The van der Waals surface area contributed by atoms with Gasteiger partial charge in [-0.05, 0) is 80.9 Å². The number of carbonyl (C=O) groups excluding carboxylic acids is 2. The number of aromatic nitrogens is 1. The number of benzene rings is 2. The van der Waals surface area contributed by atoms with Crippen LogP contribution in [0.5, 0.6) is 0 Å². The summed E-state index contributed by atoms with van der Waals surface area (Å²) in [6.07, 6.45) is 3.03. The van der Waals surface area contributed by atoms with Gasteiger partial charge in [0.05, 0.1) is 10.6 Å². The molecule has 3 fully saturated rings. The van der Waals surface area contributed by atoms with Crippen LogP contribution in [0, 0.1) is 0 Å². The van der Waals surface area contributed by atoms with Crippen molar-refractivity contribution in [1.82, 2.24) is 19.7 Å². The fourth-order valence-corrected chi connectivity index (χ4v) is 7.68.